The van der Waals surface area contributed by atoms with Crippen LogP contribution in [0.5, 0.6) is 5.75 Å². The first-order chi connectivity index (χ1) is 13.1. The van der Waals surface area contributed by atoms with Crippen LogP contribution in [-0.4, -0.2) is 57.0 Å². The fraction of sp³-hybridized carbons (Fsp3) is 0.471. The molecule has 2 N–H and O–H groups in total. The van der Waals surface area contributed by atoms with Gasteiger partial charge in [-0.15, -0.1) is 5.10 Å². The Morgan fingerprint density at radius 1 is 1.30 bits per heavy atom. The molecule has 1 heterocycles. The summed E-state index contributed by atoms with van der Waals surface area (Å²) in [5.74, 6) is 0.264. The maximum Gasteiger partial charge on any atom is 0.242 e. The molecule has 0 saturated heterocycles. The molecule has 1 unspecified atom stereocenters. The second-order valence-corrected chi connectivity index (χ2v) is 6.59. The van der Waals surface area contributed by atoms with Crippen molar-refractivity contribution in [3.05, 3.63) is 24.3 Å². The highest BCUT2D eigenvalue weighted by molar-refractivity contribution is 7.99. The van der Waals surface area contributed by atoms with E-state index in [0.29, 0.717) is 29.7 Å². The number of nitrogens with zero attached hydrogens (tertiary/aromatic N) is 4. The average molecular weight is 392 g/mol. The summed E-state index contributed by atoms with van der Waals surface area (Å²) in [6, 6.07) is 6.80. The van der Waals surface area contributed by atoms with Gasteiger partial charge in [0, 0.05) is 6.54 Å². The Morgan fingerprint density at radius 3 is 2.81 bits per heavy atom. The number of thioether (sulfide) groups is 1. The van der Waals surface area contributed by atoms with Gasteiger partial charge in [0.1, 0.15) is 17.5 Å². The van der Waals surface area contributed by atoms with E-state index in [2.05, 4.69) is 26.2 Å². The van der Waals surface area contributed by atoms with Gasteiger partial charge in [0.05, 0.1) is 12.4 Å². The number of carbonyl (C=O) groups is 2. The molecule has 27 heavy (non-hydrogen) atoms. The molecular weight excluding hydrogens is 368 g/mol. The van der Waals surface area contributed by atoms with Crippen LogP contribution in [0.1, 0.15) is 27.2 Å². The zero-order valence-corrected chi connectivity index (χ0v) is 16.5. The van der Waals surface area contributed by atoms with Gasteiger partial charge in [-0.05, 0) is 42.8 Å². The van der Waals surface area contributed by atoms with Crippen molar-refractivity contribution >= 4 is 23.6 Å². The first-order valence-electron chi connectivity index (χ1n) is 8.77. The lowest BCUT2D eigenvalue weighted by molar-refractivity contribution is -0.127. The molecule has 1 aromatic heterocycles. The number of nitrogens with one attached hydrogen (secondary N) is 2. The van der Waals surface area contributed by atoms with Gasteiger partial charge < -0.3 is 15.4 Å². The van der Waals surface area contributed by atoms with Crippen LogP contribution in [0.2, 0.25) is 0 Å². The summed E-state index contributed by atoms with van der Waals surface area (Å²) in [6.45, 7) is 6.61. The van der Waals surface area contributed by atoms with E-state index < -0.39 is 6.04 Å². The Labute approximate surface area is 162 Å². The van der Waals surface area contributed by atoms with Crippen LogP contribution >= 0.6 is 11.8 Å². The number of carbonyl (C=O) groups excluding carboxylic acids is 2. The fourth-order valence-corrected chi connectivity index (χ4v) is 2.90. The van der Waals surface area contributed by atoms with Crippen molar-refractivity contribution < 1.29 is 14.3 Å². The molecule has 0 saturated carbocycles. The van der Waals surface area contributed by atoms with E-state index in [9.17, 15) is 9.59 Å². The van der Waals surface area contributed by atoms with E-state index in [1.807, 2.05) is 38.1 Å². The summed E-state index contributed by atoms with van der Waals surface area (Å²) in [6.07, 6.45) is 0.841. The smallest absolute Gasteiger partial charge is 0.242 e. The highest BCUT2D eigenvalue weighted by atomic mass is 32.2. The van der Waals surface area contributed by atoms with Crippen LogP contribution in [0.15, 0.2) is 29.4 Å². The van der Waals surface area contributed by atoms with Gasteiger partial charge in [0.25, 0.3) is 0 Å². The normalized spacial score (nSPS) is 11.7. The highest BCUT2D eigenvalue weighted by Gasteiger charge is 2.18. The number of para-hydroxylation sites is 2. The van der Waals surface area contributed by atoms with Crippen LogP contribution < -0.4 is 15.4 Å². The number of tetrazole rings is 1. The molecule has 0 spiro atoms. The molecule has 0 aliphatic rings. The van der Waals surface area contributed by atoms with Crippen LogP contribution in [-0.2, 0) is 9.59 Å². The Bertz CT molecular complexity index is 767. The first kappa shape index (κ1) is 20.7. The summed E-state index contributed by atoms with van der Waals surface area (Å²) in [5.41, 5.74) is 0.694. The van der Waals surface area contributed by atoms with Crippen molar-refractivity contribution in [3.8, 4) is 11.4 Å². The van der Waals surface area contributed by atoms with Crippen LogP contribution in [0.4, 0.5) is 0 Å². The zero-order valence-electron chi connectivity index (χ0n) is 15.6. The Balaban J connectivity index is 1.97. The Morgan fingerprint density at radius 2 is 2.07 bits per heavy atom. The molecule has 2 aromatic rings. The van der Waals surface area contributed by atoms with Gasteiger partial charge in [-0.1, -0.05) is 30.8 Å². The lowest BCUT2D eigenvalue weighted by atomic mass is 10.3. The van der Waals surface area contributed by atoms with Gasteiger partial charge in [-0.25, -0.2) is 0 Å². The number of ether oxygens (including phenoxy) is 1. The van der Waals surface area contributed by atoms with E-state index in [4.69, 9.17) is 4.74 Å². The maximum atomic E-state index is 12.1. The second-order valence-electron chi connectivity index (χ2n) is 5.64. The minimum Gasteiger partial charge on any atom is -0.492 e. The molecule has 10 heteroatoms. The summed E-state index contributed by atoms with van der Waals surface area (Å²) in [7, 11) is 0. The summed E-state index contributed by atoms with van der Waals surface area (Å²) in [4.78, 5) is 24.0. The minimum absolute atomic E-state index is 0.0859. The number of benzene rings is 1. The lowest BCUT2D eigenvalue weighted by Crippen LogP contribution is -2.45. The predicted molar refractivity (Wildman–Crippen MR) is 102 cm³/mol. The fourth-order valence-electron chi connectivity index (χ4n) is 2.21. The molecule has 0 radical (unpaired) electrons. The third kappa shape index (κ3) is 5.95. The molecule has 0 bridgehead atoms. The number of amides is 2. The lowest BCUT2D eigenvalue weighted by Gasteiger charge is -2.13. The van der Waals surface area contributed by atoms with Crippen molar-refractivity contribution in [1.29, 1.82) is 0 Å². The van der Waals surface area contributed by atoms with E-state index in [1.165, 1.54) is 16.4 Å². The molecule has 9 nitrogen and oxygen atoms in total. The molecule has 2 rings (SSSR count). The van der Waals surface area contributed by atoms with Gasteiger partial charge in [-0.3, -0.25) is 9.59 Å². The number of hydrogen-bond donors (Lipinski definition) is 2. The molecular formula is C17H24N6O3S. The molecule has 146 valence electrons. The monoisotopic (exact) mass is 392 g/mol. The zero-order chi connectivity index (χ0) is 19.6. The Kier molecular flexibility index (Phi) is 8.05. The third-order valence-corrected chi connectivity index (χ3v) is 4.41. The van der Waals surface area contributed by atoms with E-state index in [0.717, 1.165) is 6.42 Å². The third-order valence-electron chi connectivity index (χ3n) is 3.49. The number of aromatic nitrogens is 4. The quantitative estimate of drug-likeness (QED) is 0.584. The average Bonchev–Trinajstić information content (AvgIpc) is 3.13. The Hall–Kier alpha value is -2.62. The van der Waals surface area contributed by atoms with Crippen LogP contribution in [0, 0.1) is 0 Å². The molecule has 0 aliphatic heterocycles. The predicted octanol–water partition coefficient (Wildman–Crippen LogP) is 1.18. The molecule has 2 amide bonds. The van der Waals surface area contributed by atoms with Crippen molar-refractivity contribution in [2.75, 3.05) is 18.9 Å². The van der Waals surface area contributed by atoms with Gasteiger partial charge >= 0.3 is 0 Å². The van der Waals surface area contributed by atoms with Crippen molar-refractivity contribution in [2.24, 2.45) is 0 Å². The van der Waals surface area contributed by atoms with Crippen LogP contribution in [0.25, 0.3) is 5.69 Å². The molecule has 1 aromatic carbocycles. The van der Waals surface area contributed by atoms with E-state index in [1.54, 1.807) is 6.92 Å². The standard InChI is InChI=1S/C17H24N6O3S/c1-4-10-18-16(25)12(3)19-15(24)11-27-17-20-21-22-23(17)13-8-6-7-9-14(13)26-5-2/h6-9,12H,4-5,10-11H2,1-3H3,(H,18,25)(H,19,24). The van der Waals surface area contributed by atoms with Crippen molar-refractivity contribution in [3.63, 3.8) is 0 Å². The van der Waals surface area contributed by atoms with Crippen LogP contribution in [0.3, 0.4) is 0 Å². The van der Waals surface area contributed by atoms with E-state index >= 15 is 0 Å². The van der Waals surface area contributed by atoms with E-state index in [-0.39, 0.29) is 17.6 Å². The van der Waals surface area contributed by atoms with Crippen molar-refractivity contribution in [2.45, 2.75) is 38.4 Å². The largest absolute Gasteiger partial charge is 0.492 e. The molecule has 1 atom stereocenters. The minimum atomic E-state index is -0.598. The number of rotatable bonds is 10. The summed E-state index contributed by atoms with van der Waals surface area (Å²) in [5, 5.41) is 17.5. The SMILES string of the molecule is CCCNC(=O)C(C)NC(=O)CSc1nnnn1-c1ccccc1OCC. The molecule has 0 fully saturated rings. The van der Waals surface area contributed by atoms with Gasteiger partial charge in [0.15, 0.2) is 0 Å². The van der Waals surface area contributed by atoms with Gasteiger partial charge in [-0.2, -0.15) is 4.68 Å². The summed E-state index contributed by atoms with van der Waals surface area (Å²) < 4.78 is 7.13. The van der Waals surface area contributed by atoms with Crippen molar-refractivity contribution in [1.82, 2.24) is 30.8 Å². The van der Waals surface area contributed by atoms with Gasteiger partial charge in [0.2, 0.25) is 17.0 Å². The number of hydrogen-bond acceptors (Lipinski definition) is 7. The maximum absolute atomic E-state index is 12.1. The molecule has 0 aliphatic carbocycles. The first-order valence-corrected chi connectivity index (χ1v) is 9.75. The second kappa shape index (κ2) is 10.5. The highest BCUT2D eigenvalue weighted by Crippen LogP contribution is 2.25. The topological polar surface area (TPSA) is 111 Å². The summed E-state index contributed by atoms with van der Waals surface area (Å²) >= 11 is 1.18.